The summed E-state index contributed by atoms with van der Waals surface area (Å²) in [4.78, 5) is 28.1. The van der Waals surface area contributed by atoms with E-state index in [4.69, 9.17) is 4.74 Å². The van der Waals surface area contributed by atoms with Crippen molar-refractivity contribution in [2.45, 2.75) is 0 Å². The molecule has 9 heteroatoms. The Morgan fingerprint density at radius 1 is 1.31 bits per heavy atom. The van der Waals surface area contributed by atoms with Crippen molar-refractivity contribution in [3.8, 4) is 10.4 Å². The van der Waals surface area contributed by atoms with Gasteiger partial charge in [0.05, 0.1) is 18.9 Å². The molecule has 1 saturated heterocycles. The molecule has 1 aliphatic rings. The smallest absolute Gasteiger partial charge is 0.319 e. The summed E-state index contributed by atoms with van der Waals surface area (Å²) in [7, 11) is 1.55. The zero-order valence-corrected chi connectivity index (χ0v) is 16.2. The van der Waals surface area contributed by atoms with E-state index in [1.165, 1.54) is 11.3 Å². The minimum atomic E-state index is -0.345. The Labute approximate surface area is 160 Å². The van der Waals surface area contributed by atoms with Crippen LogP contribution in [0.25, 0.3) is 10.4 Å². The SMILES string of the molecule is CNC(=O)Nc1cc(-c2ccsc2)sc1C(=O)NCCN1CCOCC1. The van der Waals surface area contributed by atoms with Crippen LogP contribution in [0.2, 0.25) is 0 Å². The molecular formula is C17H22N4O3S2. The number of anilines is 1. The number of nitrogens with zero attached hydrogens (tertiary/aromatic N) is 1. The molecule has 1 fully saturated rings. The Bertz CT molecular complexity index is 739. The predicted molar refractivity (Wildman–Crippen MR) is 105 cm³/mol. The van der Waals surface area contributed by atoms with Crippen LogP contribution in [0.15, 0.2) is 22.9 Å². The Hall–Kier alpha value is -1.94. The first-order valence-electron chi connectivity index (χ1n) is 8.41. The fourth-order valence-electron chi connectivity index (χ4n) is 2.62. The van der Waals surface area contributed by atoms with Crippen LogP contribution in [0.4, 0.5) is 10.5 Å². The van der Waals surface area contributed by atoms with Gasteiger partial charge < -0.3 is 20.7 Å². The summed E-state index contributed by atoms with van der Waals surface area (Å²) in [6.07, 6.45) is 0. The van der Waals surface area contributed by atoms with Gasteiger partial charge in [0.2, 0.25) is 0 Å². The normalized spacial score (nSPS) is 14.8. The third-order valence-corrected chi connectivity index (χ3v) is 5.90. The van der Waals surface area contributed by atoms with Crippen molar-refractivity contribution in [3.05, 3.63) is 27.8 Å². The number of urea groups is 1. The van der Waals surface area contributed by atoms with E-state index in [0.29, 0.717) is 17.1 Å². The fourth-order valence-corrected chi connectivity index (χ4v) is 4.37. The van der Waals surface area contributed by atoms with E-state index in [9.17, 15) is 9.59 Å². The molecule has 0 aromatic carbocycles. The molecule has 0 unspecified atom stereocenters. The second-order valence-corrected chi connectivity index (χ2v) is 7.61. The van der Waals surface area contributed by atoms with Crippen LogP contribution in [-0.2, 0) is 4.74 Å². The highest BCUT2D eigenvalue weighted by atomic mass is 32.1. The van der Waals surface area contributed by atoms with Gasteiger partial charge in [0.15, 0.2) is 0 Å². The first kappa shape index (κ1) is 18.8. The van der Waals surface area contributed by atoms with Gasteiger partial charge in [-0.15, -0.1) is 11.3 Å². The van der Waals surface area contributed by atoms with Crippen LogP contribution in [0, 0.1) is 0 Å². The summed E-state index contributed by atoms with van der Waals surface area (Å²) in [5.41, 5.74) is 1.58. The standard InChI is InChI=1S/C17H22N4O3S2/c1-18-17(23)20-13-10-14(12-2-9-25-11-12)26-15(13)16(22)19-3-4-21-5-7-24-8-6-21/h2,9-11H,3-8H2,1H3,(H,19,22)(H2,18,20,23). The van der Waals surface area contributed by atoms with Gasteiger partial charge in [0.1, 0.15) is 4.88 Å². The van der Waals surface area contributed by atoms with Crippen molar-refractivity contribution in [2.75, 3.05) is 51.8 Å². The molecule has 3 rings (SSSR count). The van der Waals surface area contributed by atoms with Gasteiger partial charge >= 0.3 is 6.03 Å². The molecule has 0 atom stereocenters. The molecule has 26 heavy (non-hydrogen) atoms. The third kappa shape index (κ3) is 4.82. The molecule has 2 aromatic rings. The average molecular weight is 395 g/mol. The summed E-state index contributed by atoms with van der Waals surface area (Å²) in [5, 5.41) is 12.2. The molecule has 0 aliphatic carbocycles. The molecule has 140 valence electrons. The second kappa shape index (κ2) is 9.13. The van der Waals surface area contributed by atoms with E-state index in [1.54, 1.807) is 18.4 Å². The van der Waals surface area contributed by atoms with Crippen molar-refractivity contribution in [1.29, 1.82) is 0 Å². The molecule has 3 N–H and O–H groups in total. The highest BCUT2D eigenvalue weighted by molar-refractivity contribution is 7.18. The molecule has 0 radical (unpaired) electrons. The molecule has 0 bridgehead atoms. The number of ether oxygens (including phenoxy) is 1. The number of morpholine rings is 1. The van der Waals surface area contributed by atoms with E-state index in [1.807, 2.05) is 22.9 Å². The van der Waals surface area contributed by atoms with Gasteiger partial charge in [-0.2, -0.15) is 11.3 Å². The first-order chi connectivity index (χ1) is 12.7. The Morgan fingerprint density at radius 3 is 2.81 bits per heavy atom. The maximum atomic E-state index is 12.6. The molecule has 1 aliphatic heterocycles. The number of amides is 3. The van der Waals surface area contributed by atoms with Crippen molar-refractivity contribution < 1.29 is 14.3 Å². The molecule has 7 nitrogen and oxygen atoms in total. The number of hydrogen-bond acceptors (Lipinski definition) is 6. The van der Waals surface area contributed by atoms with Crippen LogP contribution in [0.3, 0.4) is 0 Å². The fraction of sp³-hybridized carbons (Fsp3) is 0.412. The quantitative estimate of drug-likeness (QED) is 0.702. The second-order valence-electron chi connectivity index (χ2n) is 5.78. The number of rotatable bonds is 6. The molecule has 0 saturated carbocycles. The van der Waals surface area contributed by atoms with Crippen molar-refractivity contribution in [3.63, 3.8) is 0 Å². The highest BCUT2D eigenvalue weighted by Gasteiger charge is 2.19. The minimum absolute atomic E-state index is 0.170. The maximum absolute atomic E-state index is 12.6. The van der Waals surface area contributed by atoms with E-state index in [-0.39, 0.29) is 11.9 Å². The molecular weight excluding hydrogens is 372 g/mol. The number of hydrogen-bond donors (Lipinski definition) is 3. The summed E-state index contributed by atoms with van der Waals surface area (Å²) < 4.78 is 5.33. The Kier molecular flexibility index (Phi) is 6.62. The lowest BCUT2D eigenvalue weighted by Gasteiger charge is -2.26. The monoisotopic (exact) mass is 394 g/mol. The van der Waals surface area contributed by atoms with E-state index in [0.717, 1.165) is 43.3 Å². The molecule has 0 spiro atoms. The summed E-state index contributed by atoms with van der Waals surface area (Å²) in [6.45, 7) is 4.60. The Balaban J connectivity index is 1.67. The van der Waals surface area contributed by atoms with Gasteiger partial charge in [-0.05, 0) is 22.9 Å². The van der Waals surface area contributed by atoms with Gasteiger partial charge in [-0.25, -0.2) is 4.79 Å². The lowest BCUT2D eigenvalue weighted by molar-refractivity contribution is 0.0383. The number of carbonyl (C=O) groups excluding carboxylic acids is 2. The number of carbonyl (C=O) groups is 2. The van der Waals surface area contributed by atoms with E-state index >= 15 is 0 Å². The highest BCUT2D eigenvalue weighted by Crippen LogP contribution is 2.35. The van der Waals surface area contributed by atoms with Gasteiger partial charge in [0, 0.05) is 43.7 Å². The lowest BCUT2D eigenvalue weighted by Crippen LogP contribution is -2.41. The van der Waals surface area contributed by atoms with Crippen LogP contribution in [0.5, 0.6) is 0 Å². The molecule has 3 amide bonds. The van der Waals surface area contributed by atoms with Crippen LogP contribution < -0.4 is 16.0 Å². The number of nitrogens with one attached hydrogen (secondary N) is 3. The third-order valence-electron chi connectivity index (χ3n) is 4.04. The van der Waals surface area contributed by atoms with Crippen molar-refractivity contribution in [1.82, 2.24) is 15.5 Å². The summed E-state index contributed by atoms with van der Waals surface area (Å²) >= 11 is 2.98. The van der Waals surface area contributed by atoms with E-state index < -0.39 is 0 Å². The maximum Gasteiger partial charge on any atom is 0.319 e. The largest absolute Gasteiger partial charge is 0.379 e. The lowest BCUT2D eigenvalue weighted by atomic mass is 10.2. The number of thiophene rings is 2. The van der Waals surface area contributed by atoms with Gasteiger partial charge in [0.25, 0.3) is 5.91 Å². The minimum Gasteiger partial charge on any atom is -0.379 e. The Morgan fingerprint density at radius 2 is 2.12 bits per heavy atom. The summed E-state index contributed by atoms with van der Waals surface area (Å²) in [5.74, 6) is -0.170. The average Bonchev–Trinajstić information content (AvgIpc) is 3.32. The molecule has 3 heterocycles. The summed E-state index contributed by atoms with van der Waals surface area (Å²) in [6, 6.07) is 3.50. The zero-order chi connectivity index (χ0) is 18.4. The van der Waals surface area contributed by atoms with Crippen LogP contribution >= 0.6 is 22.7 Å². The topological polar surface area (TPSA) is 82.7 Å². The van der Waals surface area contributed by atoms with E-state index in [2.05, 4.69) is 20.9 Å². The molecule has 2 aromatic heterocycles. The predicted octanol–water partition coefficient (Wildman–Crippen LogP) is 2.29. The van der Waals surface area contributed by atoms with Gasteiger partial charge in [-0.3, -0.25) is 9.69 Å². The zero-order valence-electron chi connectivity index (χ0n) is 14.5. The van der Waals surface area contributed by atoms with Crippen LogP contribution in [0.1, 0.15) is 9.67 Å². The van der Waals surface area contributed by atoms with Gasteiger partial charge in [-0.1, -0.05) is 0 Å². The van der Waals surface area contributed by atoms with Crippen molar-refractivity contribution in [2.24, 2.45) is 0 Å². The van der Waals surface area contributed by atoms with Crippen LogP contribution in [-0.4, -0.2) is 63.3 Å². The first-order valence-corrected chi connectivity index (χ1v) is 10.2. The van der Waals surface area contributed by atoms with Crippen molar-refractivity contribution >= 4 is 40.3 Å².